The fourth-order valence-electron chi connectivity index (χ4n) is 3.30. The number of cyclic esters (lactones) is 1. The van der Waals surface area contributed by atoms with E-state index in [1.165, 1.54) is 16.2 Å². The molecule has 1 unspecified atom stereocenters. The van der Waals surface area contributed by atoms with Gasteiger partial charge in [-0.2, -0.15) is 0 Å². The van der Waals surface area contributed by atoms with Gasteiger partial charge in [-0.3, -0.25) is 4.79 Å². The maximum atomic E-state index is 12.3. The van der Waals surface area contributed by atoms with E-state index < -0.39 is 18.4 Å². The van der Waals surface area contributed by atoms with Crippen LogP contribution in [0, 0.1) is 0 Å². The molecule has 154 valence electrons. The Morgan fingerprint density at radius 2 is 1.93 bits per heavy atom. The van der Waals surface area contributed by atoms with Crippen LogP contribution in [0.15, 0.2) is 36.4 Å². The van der Waals surface area contributed by atoms with Gasteiger partial charge in [-0.1, -0.05) is 11.6 Å². The number of aliphatic hydroxyl groups is 1. The number of ether oxygens (including phenoxy) is 2. The third-order valence-corrected chi connectivity index (χ3v) is 5.98. The van der Waals surface area contributed by atoms with E-state index in [0.29, 0.717) is 36.3 Å². The van der Waals surface area contributed by atoms with Crippen molar-refractivity contribution in [2.75, 3.05) is 36.1 Å². The second kappa shape index (κ2) is 8.68. The van der Waals surface area contributed by atoms with Gasteiger partial charge in [-0.25, -0.2) is 9.69 Å². The lowest BCUT2D eigenvalue weighted by atomic mass is 10.2. The van der Waals surface area contributed by atoms with Crippen molar-refractivity contribution in [2.45, 2.75) is 18.9 Å². The largest absolute Gasteiger partial charge is 0.440 e. The van der Waals surface area contributed by atoms with Crippen molar-refractivity contribution in [3.63, 3.8) is 0 Å². The van der Waals surface area contributed by atoms with E-state index in [9.17, 15) is 14.7 Å². The SMILES string of the molecule is O=C1COCCN1c1ccc(N2C(=O)O[C@@H](CNCc3ccc(Cl)s3)C2O)cc1. The molecule has 3 heterocycles. The molecular weight excluding hydrogens is 418 g/mol. The number of carbonyl (C=O) groups excluding carboxylic acids is 2. The number of nitrogens with zero attached hydrogens (tertiary/aromatic N) is 2. The standard InChI is InChI=1S/C19H20ClN3O5S/c20-16-6-5-14(29-16)9-21-10-15-18(25)23(19(26)28-15)13-3-1-12(2-4-13)22-7-8-27-11-17(22)24/h1-6,15,18,21,25H,7-11H2/t15-,18?/m0/s1. The molecule has 0 spiro atoms. The molecule has 2 fully saturated rings. The lowest BCUT2D eigenvalue weighted by Gasteiger charge is -2.27. The molecule has 2 amide bonds. The third-order valence-electron chi connectivity index (χ3n) is 4.74. The van der Waals surface area contributed by atoms with Crippen LogP contribution in [0.25, 0.3) is 0 Å². The molecule has 10 heteroatoms. The zero-order valence-electron chi connectivity index (χ0n) is 15.4. The Hall–Kier alpha value is -2.17. The van der Waals surface area contributed by atoms with Crippen LogP contribution in [0.1, 0.15) is 4.88 Å². The minimum atomic E-state index is -1.11. The minimum Gasteiger partial charge on any atom is -0.440 e. The summed E-state index contributed by atoms with van der Waals surface area (Å²) in [7, 11) is 0. The van der Waals surface area contributed by atoms with Crippen LogP contribution in [0.4, 0.5) is 16.2 Å². The van der Waals surface area contributed by atoms with Gasteiger partial charge in [-0.15, -0.1) is 11.3 Å². The number of halogens is 1. The van der Waals surface area contributed by atoms with Gasteiger partial charge in [0, 0.05) is 30.2 Å². The summed E-state index contributed by atoms with van der Waals surface area (Å²) in [5.74, 6) is -0.109. The van der Waals surface area contributed by atoms with Gasteiger partial charge in [0.2, 0.25) is 0 Å². The topological polar surface area (TPSA) is 91.3 Å². The number of anilines is 2. The lowest BCUT2D eigenvalue weighted by Crippen LogP contribution is -2.42. The quantitative estimate of drug-likeness (QED) is 0.720. The number of hydrogen-bond donors (Lipinski definition) is 2. The van der Waals surface area contributed by atoms with Gasteiger partial charge < -0.3 is 24.8 Å². The first kappa shape index (κ1) is 20.1. The van der Waals surface area contributed by atoms with Crippen LogP contribution in [-0.4, -0.2) is 55.7 Å². The molecule has 1 aromatic carbocycles. The Morgan fingerprint density at radius 1 is 1.17 bits per heavy atom. The first-order chi connectivity index (χ1) is 14.0. The Bertz CT molecular complexity index is 890. The summed E-state index contributed by atoms with van der Waals surface area (Å²) in [6, 6.07) is 10.6. The molecule has 0 radical (unpaired) electrons. The molecule has 2 aliphatic heterocycles. The van der Waals surface area contributed by atoms with Gasteiger partial charge >= 0.3 is 6.09 Å². The van der Waals surface area contributed by atoms with E-state index >= 15 is 0 Å². The third kappa shape index (κ3) is 4.39. The van der Waals surface area contributed by atoms with Gasteiger partial charge in [0.1, 0.15) is 6.61 Å². The number of nitrogens with one attached hydrogen (secondary N) is 1. The van der Waals surface area contributed by atoms with Crippen molar-refractivity contribution in [3.05, 3.63) is 45.6 Å². The second-order valence-electron chi connectivity index (χ2n) is 6.66. The summed E-state index contributed by atoms with van der Waals surface area (Å²) in [6.07, 6.45) is -2.42. The van der Waals surface area contributed by atoms with Crippen LogP contribution >= 0.6 is 22.9 Å². The average molecular weight is 438 g/mol. The minimum absolute atomic E-state index is 0.0608. The maximum Gasteiger partial charge on any atom is 0.417 e. The molecule has 2 atom stereocenters. The Balaban J connectivity index is 1.37. The predicted molar refractivity (Wildman–Crippen MR) is 109 cm³/mol. The molecule has 0 bridgehead atoms. The van der Waals surface area contributed by atoms with E-state index in [1.54, 1.807) is 29.2 Å². The van der Waals surface area contributed by atoms with Gasteiger partial charge in [0.25, 0.3) is 5.91 Å². The molecule has 8 nitrogen and oxygen atoms in total. The zero-order chi connectivity index (χ0) is 20.4. The zero-order valence-corrected chi connectivity index (χ0v) is 17.0. The molecule has 2 N–H and O–H groups in total. The smallest absolute Gasteiger partial charge is 0.417 e. The summed E-state index contributed by atoms with van der Waals surface area (Å²) in [6.45, 7) is 1.90. The van der Waals surface area contributed by atoms with Gasteiger partial charge in [0.15, 0.2) is 12.3 Å². The normalized spacial score (nSPS) is 22.3. The highest BCUT2D eigenvalue weighted by Gasteiger charge is 2.41. The number of carbonyl (C=O) groups is 2. The van der Waals surface area contributed by atoms with Crippen molar-refractivity contribution in [1.29, 1.82) is 0 Å². The first-order valence-corrected chi connectivity index (χ1v) is 10.3. The highest BCUT2D eigenvalue weighted by molar-refractivity contribution is 7.16. The molecule has 1 aromatic heterocycles. The van der Waals surface area contributed by atoms with Crippen molar-refractivity contribution >= 4 is 46.3 Å². The molecule has 2 aromatic rings. The van der Waals surface area contributed by atoms with Crippen LogP contribution in [-0.2, 0) is 20.8 Å². The number of thiophene rings is 1. The average Bonchev–Trinajstić information content (AvgIpc) is 3.25. The number of aliphatic hydroxyl groups excluding tert-OH is 1. The molecule has 29 heavy (non-hydrogen) atoms. The molecule has 2 saturated heterocycles. The summed E-state index contributed by atoms with van der Waals surface area (Å²) < 4.78 is 11.2. The molecule has 2 aliphatic rings. The maximum absolute atomic E-state index is 12.3. The first-order valence-electron chi connectivity index (χ1n) is 9.14. The molecule has 0 saturated carbocycles. The highest BCUT2D eigenvalue weighted by Crippen LogP contribution is 2.28. The van der Waals surface area contributed by atoms with E-state index in [1.807, 2.05) is 12.1 Å². The van der Waals surface area contributed by atoms with E-state index in [2.05, 4.69) is 5.32 Å². The fraction of sp³-hybridized carbons (Fsp3) is 0.368. The van der Waals surface area contributed by atoms with Crippen molar-refractivity contribution < 1.29 is 24.2 Å². The highest BCUT2D eigenvalue weighted by atomic mass is 35.5. The predicted octanol–water partition coefficient (Wildman–Crippen LogP) is 2.20. The summed E-state index contributed by atoms with van der Waals surface area (Å²) in [4.78, 5) is 28.1. The van der Waals surface area contributed by atoms with Gasteiger partial charge in [0.05, 0.1) is 16.6 Å². The van der Waals surface area contributed by atoms with Crippen LogP contribution in [0.2, 0.25) is 4.34 Å². The van der Waals surface area contributed by atoms with Crippen molar-refractivity contribution in [3.8, 4) is 0 Å². The van der Waals surface area contributed by atoms with Crippen LogP contribution in [0.3, 0.4) is 0 Å². The van der Waals surface area contributed by atoms with Crippen LogP contribution in [0.5, 0.6) is 0 Å². The molecular formula is C19H20ClN3O5S. The molecule has 0 aliphatic carbocycles. The fourth-order valence-corrected chi connectivity index (χ4v) is 4.35. The van der Waals surface area contributed by atoms with Crippen LogP contribution < -0.4 is 15.1 Å². The van der Waals surface area contributed by atoms with E-state index in [4.69, 9.17) is 21.1 Å². The van der Waals surface area contributed by atoms with Gasteiger partial charge in [-0.05, 0) is 36.4 Å². The Morgan fingerprint density at radius 3 is 2.62 bits per heavy atom. The lowest BCUT2D eigenvalue weighted by molar-refractivity contribution is -0.125. The summed E-state index contributed by atoms with van der Waals surface area (Å²) in [5, 5.41) is 13.7. The van der Waals surface area contributed by atoms with E-state index in [0.717, 1.165) is 10.6 Å². The molecule has 4 rings (SSSR count). The number of hydrogen-bond acceptors (Lipinski definition) is 7. The summed E-state index contributed by atoms with van der Waals surface area (Å²) in [5.41, 5.74) is 1.22. The number of benzene rings is 1. The van der Waals surface area contributed by atoms with E-state index in [-0.39, 0.29) is 12.5 Å². The van der Waals surface area contributed by atoms with Crippen molar-refractivity contribution in [2.24, 2.45) is 0 Å². The summed E-state index contributed by atoms with van der Waals surface area (Å²) >= 11 is 7.38. The second-order valence-corrected chi connectivity index (χ2v) is 8.46. The monoisotopic (exact) mass is 437 g/mol. The van der Waals surface area contributed by atoms with Crippen molar-refractivity contribution in [1.82, 2.24) is 5.32 Å². The number of amides is 2. The Kier molecular flexibility index (Phi) is 6.02. The Labute approximate surface area is 176 Å². The number of morpholine rings is 1. The number of rotatable bonds is 6.